The number of halogens is 1. The van der Waals surface area contributed by atoms with Gasteiger partial charge < -0.3 is 19.9 Å². The molecule has 7 heteroatoms. The summed E-state index contributed by atoms with van der Waals surface area (Å²) in [5.74, 6) is 0.788. The normalized spacial score (nSPS) is 15.4. The maximum atomic E-state index is 12.9. The molecule has 1 aliphatic rings. The number of nitriles is 1. The van der Waals surface area contributed by atoms with Crippen LogP contribution in [0.15, 0.2) is 52.3 Å². The summed E-state index contributed by atoms with van der Waals surface area (Å²) in [6, 6.07) is 12.5. The number of rotatable bonds is 5. The van der Waals surface area contributed by atoms with Crippen molar-refractivity contribution in [1.82, 2.24) is 0 Å². The van der Waals surface area contributed by atoms with E-state index in [1.807, 2.05) is 6.07 Å². The van der Waals surface area contributed by atoms with Crippen LogP contribution in [-0.2, 0) is 0 Å². The van der Waals surface area contributed by atoms with E-state index < -0.39 is 5.92 Å². The average Bonchev–Trinajstić information content (AvgIpc) is 2.68. The summed E-state index contributed by atoms with van der Waals surface area (Å²) in [5, 5.41) is 9.58. The van der Waals surface area contributed by atoms with Gasteiger partial charge in [0.15, 0.2) is 17.3 Å². The fourth-order valence-corrected chi connectivity index (χ4v) is 3.50. The van der Waals surface area contributed by atoms with E-state index in [4.69, 9.17) is 19.9 Å². The predicted molar refractivity (Wildman–Crippen MR) is 103 cm³/mol. The first-order valence-corrected chi connectivity index (χ1v) is 8.90. The zero-order valence-electron chi connectivity index (χ0n) is 14.8. The Hall–Kier alpha value is -2.98. The third kappa shape index (κ3) is 3.62. The Kier molecular flexibility index (Phi) is 5.38. The number of allylic oxidation sites excluding steroid dienone is 1. The third-order valence-corrected chi connectivity index (χ3v) is 4.83. The number of hydrogen-bond donors (Lipinski definition) is 1. The van der Waals surface area contributed by atoms with E-state index in [1.165, 1.54) is 7.11 Å². The van der Waals surface area contributed by atoms with Crippen LogP contribution in [0.2, 0.25) is 0 Å². The molecule has 0 saturated heterocycles. The van der Waals surface area contributed by atoms with Crippen molar-refractivity contribution >= 4 is 21.7 Å². The maximum absolute atomic E-state index is 12.9. The molecule has 27 heavy (non-hydrogen) atoms. The van der Waals surface area contributed by atoms with Gasteiger partial charge in [0.1, 0.15) is 11.8 Å². The molecule has 2 aromatic carbocycles. The first-order chi connectivity index (χ1) is 13.0. The van der Waals surface area contributed by atoms with Crippen molar-refractivity contribution in [2.45, 2.75) is 12.3 Å². The summed E-state index contributed by atoms with van der Waals surface area (Å²) in [6.07, 6.45) is 0.0622. The molecule has 0 bridgehead atoms. The fraction of sp³-hybridized carbons (Fsp3) is 0.200. The lowest BCUT2D eigenvalue weighted by atomic mass is 9.84. The number of ketones is 1. The number of carbonyl (C=O) groups is 1. The summed E-state index contributed by atoms with van der Waals surface area (Å²) in [5.41, 5.74) is 7.34. The van der Waals surface area contributed by atoms with Gasteiger partial charge >= 0.3 is 0 Å². The van der Waals surface area contributed by atoms with Crippen LogP contribution in [0.5, 0.6) is 17.2 Å². The Bertz CT molecular complexity index is 978. The summed E-state index contributed by atoms with van der Waals surface area (Å²) in [7, 11) is 3.06. The van der Waals surface area contributed by atoms with Gasteiger partial charge in [-0.3, -0.25) is 4.79 Å². The Balaban J connectivity index is 2.04. The minimum absolute atomic E-state index is 0.0194. The summed E-state index contributed by atoms with van der Waals surface area (Å²) in [6.45, 7) is 0. The molecule has 0 spiro atoms. The number of carbonyl (C=O) groups excluding carboxylic acids is 1. The topological polar surface area (TPSA) is 94.6 Å². The van der Waals surface area contributed by atoms with Crippen LogP contribution in [0.3, 0.4) is 0 Å². The SMILES string of the molecule is COc1cccc(C(=O)CC2C(C#N)=C(N)Oc3c(OC)cc(Br)cc32)c1. The van der Waals surface area contributed by atoms with Crippen molar-refractivity contribution in [1.29, 1.82) is 5.26 Å². The number of benzene rings is 2. The molecule has 138 valence electrons. The zero-order valence-corrected chi connectivity index (χ0v) is 16.4. The van der Waals surface area contributed by atoms with Crippen LogP contribution in [-0.4, -0.2) is 20.0 Å². The second-order valence-electron chi connectivity index (χ2n) is 5.93. The minimum atomic E-state index is -0.538. The van der Waals surface area contributed by atoms with Crippen molar-refractivity contribution in [2.75, 3.05) is 14.2 Å². The first-order valence-electron chi connectivity index (χ1n) is 8.10. The molecule has 0 saturated carbocycles. The largest absolute Gasteiger partial charge is 0.497 e. The highest BCUT2D eigenvalue weighted by Gasteiger charge is 2.33. The van der Waals surface area contributed by atoms with Crippen LogP contribution in [0.25, 0.3) is 0 Å². The van der Waals surface area contributed by atoms with Gasteiger partial charge in [0.25, 0.3) is 0 Å². The van der Waals surface area contributed by atoms with Gasteiger partial charge in [-0.15, -0.1) is 0 Å². The molecule has 0 aromatic heterocycles. The molecule has 0 radical (unpaired) electrons. The van der Waals surface area contributed by atoms with Crippen LogP contribution in [0, 0.1) is 11.3 Å². The number of nitrogens with zero attached hydrogens (tertiary/aromatic N) is 1. The zero-order chi connectivity index (χ0) is 19.6. The smallest absolute Gasteiger partial charge is 0.205 e. The van der Waals surface area contributed by atoms with Crippen molar-refractivity contribution in [3.8, 4) is 23.3 Å². The molecule has 1 aliphatic heterocycles. The van der Waals surface area contributed by atoms with E-state index in [0.717, 1.165) is 4.47 Å². The number of nitrogens with two attached hydrogens (primary N) is 1. The van der Waals surface area contributed by atoms with E-state index in [1.54, 1.807) is 37.4 Å². The molecule has 2 N–H and O–H groups in total. The van der Waals surface area contributed by atoms with Gasteiger partial charge in [-0.1, -0.05) is 28.1 Å². The molecule has 0 fully saturated rings. The van der Waals surface area contributed by atoms with Gasteiger partial charge in [-0.2, -0.15) is 5.26 Å². The Morgan fingerprint density at radius 3 is 2.74 bits per heavy atom. The molecule has 0 aliphatic carbocycles. The first kappa shape index (κ1) is 18.8. The fourth-order valence-electron chi connectivity index (χ4n) is 3.05. The van der Waals surface area contributed by atoms with Gasteiger partial charge in [0.2, 0.25) is 5.88 Å². The lowest BCUT2D eigenvalue weighted by molar-refractivity contribution is 0.0976. The van der Waals surface area contributed by atoms with Crippen molar-refractivity contribution < 1.29 is 19.0 Å². The second kappa shape index (κ2) is 7.72. The molecule has 3 rings (SSSR count). The highest BCUT2D eigenvalue weighted by molar-refractivity contribution is 9.10. The number of fused-ring (bicyclic) bond motifs is 1. The molecule has 1 atom stereocenters. The lowest BCUT2D eigenvalue weighted by Gasteiger charge is -2.27. The van der Waals surface area contributed by atoms with E-state index >= 15 is 0 Å². The quantitative estimate of drug-likeness (QED) is 0.725. The Morgan fingerprint density at radius 2 is 2.07 bits per heavy atom. The number of ether oxygens (including phenoxy) is 3. The van der Waals surface area contributed by atoms with Crippen LogP contribution < -0.4 is 19.9 Å². The predicted octanol–water partition coefficient (Wildman–Crippen LogP) is 3.91. The standard InChI is InChI=1S/C20H17BrN2O4/c1-25-13-5-3-4-11(6-13)17(24)9-14-15-7-12(21)8-18(26-2)19(15)27-20(23)16(14)10-22/h3-8,14H,9,23H2,1-2H3. The van der Waals surface area contributed by atoms with E-state index in [2.05, 4.69) is 22.0 Å². The Morgan fingerprint density at radius 1 is 1.30 bits per heavy atom. The monoisotopic (exact) mass is 428 g/mol. The van der Waals surface area contributed by atoms with E-state index in [9.17, 15) is 10.1 Å². The van der Waals surface area contributed by atoms with Crippen molar-refractivity contribution in [3.63, 3.8) is 0 Å². The number of hydrogen-bond acceptors (Lipinski definition) is 6. The molecular formula is C20H17BrN2O4. The van der Waals surface area contributed by atoms with Gasteiger partial charge in [0.05, 0.1) is 19.8 Å². The number of methoxy groups -OCH3 is 2. The minimum Gasteiger partial charge on any atom is -0.497 e. The van der Waals surface area contributed by atoms with Crippen LogP contribution in [0.1, 0.15) is 28.3 Å². The molecule has 0 amide bonds. The van der Waals surface area contributed by atoms with E-state index in [-0.39, 0.29) is 23.7 Å². The van der Waals surface area contributed by atoms with Gasteiger partial charge in [-0.25, -0.2) is 0 Å². The number of Topliss-reactive ketones (excluding diaryl/α,β-unsaturated/α-hetero) is 1. The van der Waals surface area contributed by atoms with Gasteiger partial charge in [-0.05, 0) is 24.3 Å². The Labute approximate surface area is 165 Å². The average molecular weight is 429 g/mol. The molecule has 2 aromatic rings. The third-order valence-electron chi connectivity index (χ3n) is 4.37. The summed E-state index contributed by atoms with van der Waals surface area (Å²) in [4.78, 5) is 12.9. The highest BCUT2D eigenvalue weighted by Crippen LogP contribution is 2.46. The molecule has 1 heterocycles. The van der Waals surface area contributed by atoms with Gasteiger partial charge in [0, 0.05) is 27.9 Å². The molecule has 1 unspecified atom stereocenters. The van der Waals surface area contributed by atoms with E-state index in [0.29, 0.717) is 28.4 Å². The summed E-state index contributed by atoms with van der Waals surface area (Å²) >= 11 is 3.43. The van der Waals surface area contributed by atoms with Crippen LogP contribution in [0.4, 0.5) is 0 Å². The second-order valence-corrected chi connectivity index (χ2v) is 6.85. The highest BCUT2D eigenvalue weighted by atomic mass is 79.9. The van der Waals surface area contributed by atoms with Crippen LogP contribution >= 0.6 is 15.9 Å². The molecule has 6 nitrogen and oxygen atoms in total. The summed E-state index contributed by atoms with van der Waals surface area (Å²) < 4.78 is 16.9. The molecular weight excluding hydrogens is 412 g/mol. The van der Waals surface area contributed by atoms with Crippen molar-refractivity contribution in [3.05, 3.63) is 63.5 Å². The maximum Gasteiger partial charge on any atom is 0.205 e. The van der Waals surface area contributed by atoms with Crippen molar-refractivity contribution in [2.24, 2.45) is 5.73 Å². The lowest BCUT2D eigenvalue weighted by Crippen LogP contribution is -2.22.